The maximum absolute atomic E-state index is 12.9. The van der Waals surface area contributed by atoms with Crippen molar-refractivity contribution in [1.82, 2.24) is 9.88 Å². The van der Waals surface area contributed by atoms with E-state index < -0.39 is 0 Å². The monoisotopic (exact) mass is 357 g/mol. The highest BCUT2D eigenvalue weighted by molar-refractivity contribution is 9.10. The summed E-state index contributed by atoms with van der Waals surface area (Å²) in [5.41, 5.74) is 1.12. The summed E-state index contributed by atoms with van der Waals surface area (Å²) in [6.45, 7) is 0.955. The lowest BCUT2D eigenvalue weighted by atomic mass is 10.1. The Balaban J connectivity index is 1.82. The predicted molar refractivity (Wildman–Crippen MR) is 88.3 cm³/mol. The van der Waals surface area contributed by atoms with Crippen molar-refractivity contribution in [3.63, 3.8) is 0 Å². The molecule has 0 radical (unpaired) electrons. The maximum atomic E-state index is 12.9. The second kappa shape index (κ2) is 5.48. The van der Waals surface area contributed by atoms with Crippen LogP contribution in [0.1, 0.15) is 24.6 Å². The van der Waals surface area contributed by atoms with Gasteiger partial charge < -0.3 is 0 Å². The normalized spacial score (nSPS) is 24.8. The molecule has 4 rings (SSSR count). The molecule has 3 heterocycles. The van der Waals surface area contributed by atoms with Gasteiger partial charge in [0.1, 0.15) is 12.0 Å². The van der Waals surface area contributed by atoms with Crippen molar-refractivity contribution in [1.29, 1.82) is 0 Å². The molecule has 0 bridgehead atoms. The summed E-state index contributed by atoms with van der Waals surface area (Å²) in [6, 6.07) is 13.9. The molecule has 4 nitrogen and oxygen atoms in total. The lowest BCUT2D eigenvalue weighted by molar-refractivity contribution is -0.119. The van der Waals surface area contributed by atoms with Gasteiger partial charge >= 0.3 is 0 Å². The zero-order chi connectivity index (χ0) is 15.1. The number of amides is 1. The molecule has 2 saturated heterocycles. The molecule has 22 heavy (non-hydrogen) atoms. The molecule has 112 valence electrons. The second-order valence-electron chi connectivity index (χ2n) is 5.72. The summed E-state index contributed by atoms with van der Waals surface area (Å²) in [4.78, 5) is 21.4. The Labute approximate surface area is 137 Å². The quantitative estimate of drug-likeness (QED) is 0.826. The molecule has 0 unspecified atom stereocenters. The van der Waals surface area contributed by atoms with Gasteiger partial charge in [-0.2, -0.15) is 0 Å². The Kier molecular flexibility index (Phi) is 3.47. The lowest BCUT2D eigenvalue weighted by Gasteiger charge is -2.29. The summed E-state index contributed by atoms with van der Waals surface area (Å²) >= 11 is 3.54. The third-order valence-electron chi connectivity index (χ3n) is 4.42. The van der Waals surface area contributed by atoms with Gasteiger partial charge in [0.15, 0.2) is 0 Å². The van der Waals surface area contributed by atoms with Gasteiger partial charge in [-0.1, -0.05) is 34.1 Å². The van der Waals surface area contributed by atoms with Gasteiger partial charge in [-0.25, -0.2) is 4.98 Å². The zero-order valence-corrected chi connectivity index (χ0v) is 13.6. The molecule has 2 aromatic rings. The third-order valence-corrected chi connectivity index (χ3v) is 4.91. The standard InChI is InChI=1S/C17H16BrN3O/c18-13-6-3-5-12(11-13)16-20-10-4-7-14(20)17(22)21(16)15-8-1-2-9-19-15/h1-3,5-6,8-9,11,14,16H,4,7,10H2/t14-,16+/m0/s1. The summed E-state index contributed by atoms with van der Waals surface area (Å²) < 4.78 is 1.03. The largest absolute Gasteiger partial charge is 0.275 e. The van der Waals surface area contributed by atoms with E-state index in [1.807, 2.05) is 35.2 Å². The van der Waals surface area contributed by atoms with Gasteiger partial charge in [0.05, 0.1) is 6.04 Å². The number of halogens is 1. The maximum Gasteiger partial charge on any atom is 0.247 e. The number of fused-ring (bicyclic) bond motifs is 1. The van der Waals surface area contributed by atoms with Crippen LogP contribution in [-0.4, -0.2) is 28.4 Å². The number of aromatic nitrogens is 1. The summed E-state index contributed by atoms with van der Waals surface area (Å²) in [5.74, 6) is 0.896. The molecule has 2 atom stereocenters. The average molecular weight is 358 g/mol. The zero-order valence-electron chi connectivity index (χ0n) is 12.0. The van der Waals surface area contributed by atoms with E-state index in [1.54, 1.807) is 6.20 Å². The Morgan fingerprint density at radius 1 is 1.18 bits per heavy atom. The number of hydrogen-bond acceptors (Lipinski definition) is 3. The Morgan fingerprint density at radius 3 is 2.86 bits per heavy atom. The van der Waals surface area contributed by atoms with Crippen molar-refractivity contribution in [2.75, 3.05) is 11.4 Å². The fraction of sp³-hybridized carbons (Fsp3) is 0.294. The second-order valence-corrected chi connectivity index (χ2v) is 6.64. The lowest BCUT2D eigenvalue weighted by Crippen LogP contribution is -2.32. The number of carbonyl (C=O) groups is 1. The fourth-order valence-corrected chi connectivity index (χ4v) is 3.94. The third kappa shape index (κ3) is 2.16. The highest BCUT2D eigenvalue weighted by atomic mass is 79.9. The topological polar surface area (TPSA) is 36.4 Å². The van der Waals surface area contributed by atoms with Gasteiger partial charge in [-0.15, -0.1) is 0 Å². The number of carbonyl (C=O) groups excluding carboxylic acids is 1. The van der Waals surface area contributed by atoms with Crippen LogP contribution in [0, 0.1) is 0 Å². The molecular weight excluding hydrogens is 342 g/mol. The average Bonchev–Trinajstić information content (AvgIpc) is 3.10. The van der Waals surface area contributed by atoms with Crippen molar-refractivity contribution in [2.24, 2.45) is 0 Å². The van der Waals surface area contributed by atoms with Crippen LogP contribution in [0.5, 0.6) is 0 Å². The number of benzene rings is 1. The molecule has 1 aromatic carbocycles. The molecule has 2 aliphatic heterocycles. The van der Waals surface area contributed by atoms with Crippen LogP contribution in [-0.2, 0) is 4.79 Å². The van der Waals surface area contributed by atoms with Crippen molar-refractivity contribution < 1.29 is 4.79 Å². The summed E-state index contributed by atoms with van der Waals surface area (Å²) in [5, 5.41) is 0. The van der Waals surface area contributed by atoms with E-state index >= 15 is 0 Å². The van der Waals surface area contributed by atoms with Crippen LogP contribution in [0.15, 0.2) is 53.1 Å². The van der Waals surface area contributed by atoms with Crippen LogP contribution in [0.3, 0.4) is 0 Å². The smallest absolute Gasteiger partial charge is 0.247 e. The highest BCUT2D eigenvalue weighted by Crippen LogP contribution is 2.42. The number of rotatable bonds is 2. The van der Waals surface area contributed by atoms with Gasteiger partial charge in [0.2, 0.25) is 5.91 Å². The van der Waals surface area contributed by atoms with Crippen molar-refractivity contribution in [3.05, 3.63) is 58.7 Å². The van der Waals surface area contributed by atoms with E-state index in [0.29, 0.717) is 0 Å². The van der Waals surface area contributed by atoms with E-state index in [4.69, 9.17) is 0 Å². The van der Waals surface area contributed by atoms with E-state index in [0.717, 1.165) is 35.2 Å². The highest BCUT2D eigenvalue weighted by Gasteiger charge is 2.49. The van der Waals surface area contributed by atoms with Crippen molar-refractivity contribution in [2.45, 2.75) is 25.0 Å². The van der Waals surface area contributed by atoms with E-state index in [9.17, 15) is 4.79 Å². The Hall–Kier alpha value is -1.72. The molecule has 5 heteroatoms. The number of nitrogens with zero attached hydrogens (tertiary/aromatic N) is 3. The van der Waals surface area contributed by atoms with E-state index in [1.165, 1.54) is 0 Å². The van der Waals surface area contributed by atoms with E-state index in [-0.39, 0.29) is 18.1 Å². The first-order valence-corrected chi connectivity index (χ1v) is 8.30. The van der Waals surface area contributed by atoms with E-state index in [2.05, 4.69) is 37.9 Å². The first kappa shape index (κ1) is 13.9. The molecule has 1 aromatic heterocycles. The van der Waals surface area contributed by atoms with Crippen LogP contribution in [0.2, 0.25) is 0 Å². The summed E-state index contributed by atoms with van der Waals surface area (Å²) in [7, 11) is 0. The van der Waals surface area contributed by atoms with Crippen molar-refractivity contribution >= 4 is 27.7 Å². The molecule has 2 aliphatic rings. The van der Waals surface area contributed by atoms with Gasteiger partial charge in [0.25, 0.3) is 0 Å². The number of anilines is 1. The van der Waals surface area contributed by atoms with Gasteiger partial charge in [-0.3, -0.25) is 14.6 Å². The molecule has 0 saturated carbocycles. The van der Waals surface area contributed by atoms with Crippen molar-refractivity contribution in [3.8, 4) is 0 Å². The summed E-state index contributed by atoms with van der Waals surface area (Å²) in [6.07, 6.45) is 3.70. The first-order valence-electron chi connectivity index (χ1n) is 7.51. The minimum atomic E-state index is -0.0626. The molecule has 0 N–H and O–H groups in total. The molecule has 0 aliphatic carbocycles. The first-order chi connectivity index (χ1) is 10.8. The predicted octanol–water partition coefficient (Wildman–Crippen LogP) is 3.35. The van der Waals surface area contributed by atoms with Crippen LogP contribution in [0.25, 0.3) is 0 Å². The number of pyridine rings is 1. The SMILES string of the molecule is O=C1[C@@H]2CCCN2[C@@H](c2cccc(Br)c2)N1c1ccccn1. The molecular formula is C17H16BrN3O. The van der Waals surface area contributed by atoms with Crippen LogP contribution >= 0.6 is 15.9 Å². The molecule has 1 amide bonds. The van der Waals surface area contributed by atoms with Crippen LogP contribution in [0.4, 0.5) is 5.82 Å². The Morgan fingerprint density at radius 2 is 2.09 bits per heavy atom. The number of hydrogen-bond donors (Lipinski definition) is 0. The van der Waals surface area contributed by atoms with Gasteiger partial charge in [0, 0.05) is 17.2 Å². The minimum Gasteiger partial charge on any atom is -0.275 e. The fourth-order valence-electron chi connectivity index (χ4n) is 3.52. The van der Waals surface area contributed by atoms with Gasteiger partial charge in [-0.05, 0) is 42.7 Å². The van der Waals surface area contributed by atoms with Crippen LogP contribution < -0.4 is 4.90 Å². The Bertz CT molecular complexity index is 706. The molecule has 2 fully saturated rings. The minimum absolute atomic E-state index is 0.00834. The molecule has 0 spiro atoms.